The van der Waals surface area contributed by atoms with Crippen LogP contribution in [-0.2, 0) is 12.2 Å². The van der Waals surface area contributed by atoms with Crippen molar-refractivity contribution in [3.05, 3.63) is 69.3 Å². The van der Waals surface area contributed by atoms with E-state index in [0.717, 1.165) is 28.1 Å². The van der Waals surface area contributed by atoms with E-state index in [2.05, 4.69) is 20.9 Å². The standard InChI is InChI=1S/C25H29N5O4/c1-14-9-19(24(32)30-22(14)23(31)29-25(30,3)4)28-18-11-21(26-12-15(18)2)27-13-16-7-8-17(33-5)10-20(16)34-6/h7-12H,13H2,1-6H3,(H,29,31)(H2,26,27,28). The van der Waals surface area contributed by atoms with Crippen LogP contribution in [0.3, 0.4) is 0 Å². The Bertz CT molecular complexity index is 1330. The van der Waals surface area contributed by atoms with Gasteiger partial charge in [-0.15, -0.1) is 0 Å². The quantitative estimate of drug-likeness (QED) is 0.491. The number of methoxy groups -OCH3 is 2. The van der Waals surface area contributed by atoms with Crippen molar-refractivity contribution < 1.29 is 14.3 Å². The Morgan fingerprint density at radius 3 is 2.50 bits per heavy atom. The van der Waals surface area contributed by atoms with Crippen molar-refractivity contribution in [3.63, 3.8) is 0 Å². The number of hydrogen-bond donors (Lipinski definition) is 3. The Balaban J connectivity index is 1.61. The van der Waals surface area contributed by atoms with Gasteiger partial charge in [-0.1, -0.05) is 0 Å². The van der Waals surface area contributed by atoms with Crippen LogP contribution in [0.1, 0.15) is 41.0 Å². The van der Waals surface area contributed by atoms with Crippen LogP contribution in [0.15, 0.2) is 41.3 Å². The minimum Gasteiger partial charge on any atom is -0.497 e. The molecule has 3 N–H and O–H groups in total. The van der Waals surface area contributed by atoms with Gasteiger partial charge in [0.05, 0.1) is 14.2 Å². The maximum atomic E-state index is 13.3. The summed E-state index contributed by atoms with van der Waals surface area (Å²) in [6, 6.07) is 9.21. The predicted octanol–water partition coefficient (Wildman–Crippen LogP) is 3.67. The van der Waals surface area contributed by atoms with E-state index in [9.17, 15) is 9.59 Å². The Hall–Kier alpha value is -4.01. The van der Waals surface area contributed by atoms with Crippen molar-refractivity contribution in [1.82, 2.24) is 14.9 Å². The molecule has 1 aliphatic rings. The maximum absolute atomic E-state index is 13.3. The van der Waals surface area contributed by atoms with E-state index in [4.69, 9.17) is 9.47 Å². The van der Waals surface area contributed by atoms with Crippen molar-refractivity contribution in [3.8, 4) is 11.5 Å². The lowest BCUT2D eigenvalue weighted by molar-refractivity contribution is 0.0934. The van der Waals surface area contributed by atoms with Crippen molar-refractivity contribution in [2.24, 2.45) is 0 Å². The van der Waals surface area contributed by atoms with Gasteiger partial charge in [0.1, 0.15) is 34.4 Å². The summed E-state index contributed by atoms with van der Waals surface area (Å²) in [6.45, 7) is 7.84. The van der Waals surface area contributed by atoms with Crippen LogP contribution in [0.25, 0.3) is 0 Å². The lowest BCUT2D eigenvalue weighted by Gasteiger charge is -2.22. The van der Waals surface area contributed by atoms with Gasteiger partial charge in [0.2, 0.25) is 0 Å². The summed E-state index contributed by atoms with van der Waals surface area (Å²) in [4.78, 5) is 30.1. The zero-order valence-electron chi connectivity index (χ0n) is 20.2. The molecule has 0 unspecified atom stereocenters. The smallest absolute Gasteiger partial charge is 0.276 e. The maximum Gasteiger partial charge on any atom is 0.276 e. The van der Waals surface area contributed by atoms with E-state index in [1.54, 1.807) is 40.3 Å². The van der Waals surface area contributed by atoms with Gasteiger partial charge < -0.3 is 25.4 Å². The molecule has 2 aromatic heterocycles. The second kappa shape index (κ2) is 8.74. The second-order valence-electron chi connectivity index (χ2n) is 8.78. The highest BCUT2D eigenvalue weighted by Gasteiger charge is 2.37. The molecule has 0 saturated heterocycles. The number of pyridine rings is 2. The van der Waals surface area contributed by atoms with E-state index in [0.29, 0.717) is 29.5 Å². The average molecular weight is 464 g/mol. The normalized spacial score (nSPS) is 13.8. The van der Waals surface area contributed by atoms with Gasteiger partial charge in [-0.2, -0.15) is 0 Å². The molecule has 34 heavy (non-hydrogen) atoms. The van der Waals surface area contributed by atoms with Crippen molar-refractivity contribution in [1.29, 1.82) is 0 Å². The number of ether oxygens (including phenoxy) is 2. The molecule has 0 atom stereocenters. The number of amides is 1. The average Bonchev–Trinajstić information content (AvgIpc) is 3.06. The molecule has 0 spiro atoms. The molecule has 0 aliphatic carbocycles. The lowest BCUT2D eigenvalue weighted by Crippen LogP contribution is -2.42. The Morgan fingerprint density at radius 2 is 1.79 bits per heavy atom. The first-order chi connectivity index (χ1) is 16.1. The molecular weight excluding hydrogens is 434 g/mol. The van der Waals surface area contributed by atoms with Crippen LogP contribution >= 0.6 is 0 Å². The number of rotatable bonds is 7. The van der Waals surface area contributed by atoms with E-state index < -0.39 is 5.66 Å². The predicted molar refractivity (Wildman–Crippen MR) is 131 cm³/mol. The monoisotopic (exact) mass is 463 g/mol. The summed E-state index contributed by atoms with van der Waals surface area (Å²) in [5.74, 6) is 1.83. The molecule has 1 aromatic carbocycles. The first-order valence-electron chi connectivity index (χ1n) is 10.9. The minimum atomic E-state index is -0.802. The number of aromatic nitrogens is 2. The minimum absolute atomic E-state index is 0.244. The summed E-state index contributed by atoms with van der Waals surface area (Å²) in [6.07, 6.45) is 1.74. The van der Waals surface area contributed by atoms with Crippen molar-refractivity contribution in [2.45, 2.75) is 39.9 Å². The molecule has 9 heteroatoms. The third-order valence-electron chi connectivity index (χ3n) is 5.91. The summed E-state index contributed by atoms with van der Waals surface area (Å²) in [5, 5.41) is 9.41. The number of nitrogens with zero attached hydrogens (tertiary/aromatic N) is 2. The van der Waals surface area contributed by atoms with E-state index in [1.165, 1.54) is 4.57 Å². The van der Waals surface area contributed by atoms with Crippen LogP contribution < -0.4 is 31.0 Å². The Morgan fingerprint density at radius 1 is 1.03 bits per heavy atom. The zero-order chi connectivity index (χ0) is 24.6. The fourth-order valence-corrected chi connectivity index (χ4v) is 4.13. The fraction of sp³-hybridized carbons (Fsp3) is 0.320. The van der Waals surface area contributed by atoms with Crippen LogP contribution in [0.5, 0.6) is 11.5 Å². The van der Waals surface area contributed by atoms with Crippen LogP contribution in [0.2, 0.25) is 0 Å². The number of carbonyl (C=O) groups is 1. The highest BCUT2D eigenvalue weighted by Crippen LogP contribution is 2.28. The topological polar surface area (TPSA) is 107 Å². The molecule has 4 rings (SSSR count). The number of fused-ring (bicyclic) bond motifs is 1. The van der Waals surface area contributed by atoms with Gasteiger partial charge in [-0.05, 0) is 57.0 Å². The molecular formula is C25H29N5O4. The SMILES string of the molecule is COc1ccc(CNc2cc(Nc3cc(C)c4n(c3=O)C(C)(C)NC4=O)c(C)cn2)c(OC)c1. The first-order valence-corrected chi connectivity index (χ1v) is 10.9. The summed E-state index contributed by atoms with van der Waals surface area (Å²) < 4.78 is 12.2. The number of nitrogens with one attached hydrogen (secondary N) is 3. The second-order valence-corrected chi connectivity index (χ2v) is 8.78. The molecule has 9 nitrogen and oxygen atoms in total. The van der Waals surface area contributed by atoms with Crippen LogP contribution in [-0.4, -0.2) is 29.7 Å². The molecule has 0 saturated carbocycles. The lowest BCUT2D eigenvalue weighted by atomic mass is 10.1. The highest BCUT2D eigenvalue weighted by molar-refractivity contribution is 5.96. The Kier molecular flexibility index (Phi) is 5.95. The summed E-state index contributed by atoms with van der Waals surface area (Å²) in [5.41, 5.74) is 3.01. The zero-order valence-corrected chi connectivity index (χ0v) is 20.2. The molecule has 0 radical (unpaired) electrons. The van der Waals surface area contributed by atoms with Crippen LogP contribution in [0, 0.1) is 13.8 Å². The molecule has 3 heterocycles. The largest absolute Gasteiger partial charge is 0.497 e. The third kappa shape index (κ3) is 4.16. The number of anilines is 3. The van der Waals surface area contributed by atoms with Crippen molar-refractivity contribution >= 4 is 23.1 Å². The molecule has 1 amide bonds. The van der Waals surface area contributed by atoms with E-state index in [1.807, 2.05) is 38.1 Å². The molecule has 0 fully saturated rings. The first kappa shape index (κ1) is 23.2. The van der Waals surface area contributed by atoms with Gasteiger partial charge in [-0.25, -0.2) is 4.98 Å². The number of hydrogen-bond acceptors (Lipinski definition) is 7. The number of benzene rings is 1. The van der Waals surface area contributed by atoms with Gasteiger partial charge in [0, 0.05) is 36.1 Å². The van der Waals surface area contributed by atoms with Gasteiger partial charge in [0.25, 0.3) is 11.5 Å². The molecule has 0 bridgehead atoms. The van der Waals surface area contributed by atoms with Gasteiger partial charge in [0.15, 0.2) is 0 Å². The summed E-state index contributed by atoms with van der Waals surface area (Å²) >= 11 is 0. The highest BCUT2D eigenvalue weighted by atomic mass is 16.5. The molecule has 1 aliphatic heterocycles. The summed E-state index contributed by atoms with van der Waals surface area (Å²) in [7, 11) is 3.23. The molecule has 178 valence electrons. The van der Waals surface area contributed by atoms with Gasteiger partial charge in [-0.3, -0.25) is 14.2 Å². The fourth-order valence-electron chi connectivity index (χ4n) is 4.13. The third-order valence-corrected chi connectivity index (χ3v) is 5.91. The Labute approximate surface area is 198 Å². The van der Waals surface area contributed by atoms with Gasteiger partial charge >= 0.3 is 0 Å². The number of carbonyl (C=O) groups excluding carboxylic acids is 1. The van der Waals surface area contributed by atoms with E-state index >= 15 is 0 Å². The number of aryl methyl sites for hydroxylation is 2. The van der Waals surface area contributed by atoms with Crippen LogP contribution in [0.4, 0.5) is 17.2 Å². The molecule has 3 aromatic rings. The van der Waals surface area contributed by atoms with E-state index in [-0.39, 0.29) is 11.5 Å². The van der Waals surface area contributed by atoms with Crippen molar-refractivity contribution in [2.75, 3.05) is 24.9 Å².